The van der Waals surface area contributed by atoms with E-state index in [-0.39, 0.29) is 28.5 Å². The van der Waals surface area contributed by atoms with Crippen LogP contribution in [0, 0.1) is 16.0 Å². The van der Waals surface area contributed by atoms with Crippen molar-refractivity contribution >= 4 is 34.7 Å². The van der Waals surface area contributed by atoms with E-state index in [1.54, 1.807) is 12.1 Å². The lowest BCUT2D eigenvalue weighted by molar-refractivity contribution is -0.384. The van der Waals surface area contributed by atoms with Gasteiger partial charge < -0.3 is 14.7 Å². The monoisotopic (exact) mass is 438 g/mol. The van der Waals surface area contributed by atoms with E-state index < -0.39 is 0 Å². The number of thioether (sulfide) groups is 1. The summed E-state index contributed by atoms with van der Waals surface area (Å²) in [6.07, 6.45) is 0.559. The Labute approximate surface area is 186 Å². The van der Waals surface area contributed by atoms with E-state index in [0.29, 0.717) is 6.42 Å². The molecule has 31 heavy (non-hydrogen) atoms. The van der Waals surface area contributed by atoms with Crippen molar-refractivity contribution in [1.82, 2.24) is 4.90 Å². The minimum absolute atomic E-state index is 0.0602. The highest BCUT2D eigenvalue weighted by atomic mass is 32.2. The lowest BCUT2D eigenvalue weighted by atomic mass is 9.82. The maximum absolute atomic E-state index is 13.6. The molecule has 162 valence electrons. The molecular formula is C23H26N4O3S. The van der Waals surface area contributed by atoms with Gasteiger partial charge in [-0.2, -0.15) is 11.8 Å². The average molecular weight is 439 g/mol. The van der Waals surface area contributed by atoms with Crippen molar-refractivity contribution in [3.8, 4) is 0 Å². The van der Waals surface area contributed by atoms with E-state index in [4.69, 9.17) is 0 Å². The van der Waals surface area contributed by atoms with Crippen molar-refractivity contribution in [2.75, 3.05) is 54.0 Å². The number of carbonyl (C=O) groups excluding carboxylic acids is 1. The predicted molar refractivity (Wildman–Crippen MR) is 124 cm³/mol. The molecule has 3 aliphatic rings. The Morgan fingerprint density at radius 1 is 1.03 bits per heavy atom. The first-order valence-corrected chi connectivity index (χ1v) is 12.0. The first-order valence-electron chi connectivity index (χ1n) is 10.8. The molecule has 3 aliphatic heterocycles. The quantitative estimate of drug-likeness (QED) is 0.542. The SMILES string of the molecule is O=C([C@@H]1Cc2cc([N+](=O)[O-])ccc2N2CCN(c3ccccc3)C[C@H]12)N1CCSCC1. The van der Waals surface area contributed by atoms with Crippen LogP contribution in [0.5, 0.6) is 0 Å². The highest BCUT2D eigenvalue weighted by Crippen LogP contribution is 2.39. The largest absolute Gasteiger partial charge is 0.368 e. The van der Waals surface area contributed by atoms with Crippen LogP contribution in [0.3, 0.4) is 0 Å². The first kappa shape index (κ1) is 20.2. The summed E-state index contributed by atoms with van der Waals surface area (Å²) in [5.41, 5.74) is 3.24. The number of para-hydroxylation sites is 1. The zero-order chi connectivity index (χ0) is 21.4. The zero-order valence-electron chi connectivity index (χ0n) is 17.4. The topological polar surface area (TPSA) is 69.9 Å². The van der Waals surface area contributed by atoms with Crippen LogP contribution < -0.4 is 9.80 Å². The molecule has 5 rings (SSSR count). The fourth-order valence-corrected chi connectivity index (χ4v) is 6.00. The van der Waals surface area contributed by atoms with Gasteiger partial charge in [-0.05, 0) is 30.2 Å². The van der Waals surface area contributed by atoms with Crippen LogP contribution in [0.15, 0.2) is 48.5 Å². The van der Waals surface area contributed by atoms with E-state index in [1.807, 2.05) is 40.9 Å². The van der Waals surface area contributed by atoms with Gasteiger partial charge in [0.25, 0.3) is 5.69 Å². The van der Waals surface area contributed by atoms with Crippen molar-refractivity contribution in [3.63, 3.8) is 0 Å². The lowest BCUT2D eigenvalue weighted by Gasteiger charge is -2.50. The van der Waals surface area contributed by atoms with Crippen LogP contribution >= 0.6 is 11.8 Å². The molecular weight excluding hydrogens is 412 g/mol. The van der Waals surface area contributed by atoms with Crippen LogP contribution in [0.4, 0.5) is 17.1 Å². The molecule has 0 bridgehead atoms. The minimum atomic E-state index is -0.349. The number of benzene rings is 2. The first-order chi connectivity index (χ1) is 15.1. The number of amides is 1. The molecule has 8 heteroatoms. The van der Waals surface area contributed by atoms with Crippen molar-refractivity contribution in [2.45, 2.75) is 12.5 Å². The molecule has 0 spiro atoms. The van der Waals surface area contributed by atoms with Crippen LogP contribution in [0.2, 0.25) is 0 Å². The molecule has 0 saturated carbocycles. The summed E-state index contributed by atoms with van der Waals surface area (Å²) in [5.74, 6) is 1.96. The molecule has 2 fully saturated rings. The number of non-ortho nitro benzene ring substituents is 1. The molecule has 2 aromatic carbocycles. The summed E-state index contributed by atoms with van der Waals surface area (Å²) in [5, 5.41) is 11.3. The molecule has 0 unspecified atom stereocenters. The standard InChI is InChI=1S/C23H26N4O3S/c28-23(24-10-12-31-13-11-24)20-15-17-14-19(27(29)30)6-7-21(17)26-9-8-25(16-22(20)26)18-4-2-1-3-5-18/h1-7,14,20,22H,8-13,15-16H2/t20-,22-/m1/s1. The van der Waals surface area contributed by atoms with Crippen LogP contribution in [0.1, 0.15) is 5.56 Å². The van der Waals surface area contributed by atoms with Gasteiger partial charge in [0.05, 0.1) is 16.9 Å². The number of nitrogens with zero attached hydrogens (tertiary/aromatic N) is 4. The van der Waals surface area contributed by atoms with Gasteiger partial charge in [-0.25, -0.2) is 0 Å². The second-order valence-corrected chi connectivity index (χ2v) is 9.59. The number of nitro benzene ring substituents is 1. The molecule has 7 nitrogen and oxygen atoms in total. The highest BCUT2D eigenvalue weighted by Gasteiger charge is 2.43. The van der Waals surface area contributed by atoms with E-state index in [1.165, 1.54) is 5.69 Å². The van der Waals surface area contributed by atoms with Gasteiger partial charge in [0, 0.05) is 67.7 Å². The third kappa shape index (κ3) is 3.84. The summed E-state index contributed by atoms with van der Waals surface area (Å²) >= 11 is 1.89. The van der Waals surface area contributed by atoms with E-state index >= 15 is 0 Å². The number of hydrogen-bond acceptors (Lipinski definition) is 6. The molecule has 2 aromatic rings. The van der Waals surface area contributed by atoms with E-state index in [2.05, 4.69) is 21.9 Å². The number of fused-ring (bicyclic) bond motifs is 3. The summed E-state index contributed by atoms with van der Waals surface area (Å²) in [6, 6.07) is 15.5. The molecule has 0 aromatic heterocycles. The number of nitro groups is 1. The molecule has 2 saturated heterocycles. The average Bonchev–Trinajstić information content (AvgIpc) is 2.83. The maximum atomic E-state index is 13.6. The van der Waals surface area contributed by atoms with Gasteiger partial charge in [0.15, 0.2) is 0 Å². The summed E-state index contributed by atoms with van der Waals surface area (Å²) < 4.78 is 0. The Kier molecular flexibility index (Phi) is 5.48. The number of piperazine rings is 1. The second-order valence-electron chi connectivity index (χ2n) is 8.36. The zero-order valence-corrected chi connectivity index (χ0v) is 18.2. The Balaban J connectivity index is 1.49. The Bertz CT molecular complexity index is 980. The van der Waals surface area contributed by atoms with Crippen LogP contribution in [-0.4, -0.2) is 66.0 Å². The Hall–Kier alpha value is -2.74. The van der Waals surface area contributed by atoms with Crippen molar-refractivity contribution in [2.24, 2.45) is 5.92 Å². The third-order valence-corrected chi connectivity index (χ3v) is 7.61. The minimum Gasteiger partial charge on any atom is -0.368 e. The van der Waals surface area contributed by atoms with Gasteiger partial charge in [-0.3, -0.25) is 14.9 Å². The summed E-state index contributed by atoms with van der Waals surface area (Å²) in [7, 11) is 0. The smallest absolute Gasteiger partial charge is 0.269 e. The molecule has 0 aliphatic carbocycles. The number of carbonyl (C=O) groups is 1. The fourth-order valence-electron chi connectivity index (χ4n) is 5.10. The van der Waals surface area contributed by atoms with Crippen LogP contribution in [-0.2, 0) is 11.2 Å². The summed E-state index contributed by atoms with van der Waals surface area (Å²) in [4.78, 5) is 31.3. The normalized spacial score (nSPS) is 23.2. The van der Waals surface area contributed by atoms with Gasteiger partial charge in [-0.1, -0.05) is 18.2 Å². The molecule has 2 atom stereocenters. The highest BCUT2D eigenvalue weighted by molar-refractivity contribution is 7.99. The van der Waals surface area contributed by atoms with Gasteiger partial charge >= 0.3 is 0 Å². The number of rotatable bonds is 3. The Morgan fingerprint density at radius 3 is 2.55 bits per heavy atom. The maximum Gasteiger partial charge on any atom is 0.269 e. The van der Waals surface area contributed by atoms with E-state index in [0.717, 1.165) is 55.5 Å². The molecule has 0 radical (unpaired) electrons. The van der Waals surface area contributed by atoms with E-state index in [9.17, 15) is 14.9 Å². The van der Waals surface area contributed by atoms with Crippen molar-refractivity contribution in [3.05, 3.63) is 64.2 Å². The summed E-state index contributed by atoms with van der Waals surface area (Å²) in [6.45, 7) is 4.01. The molecule has 3 heterocycles. The van der Waals surface area contributed by atoms with Gasteiger partial charge in [0.2, 0.25) is 5.91 Å². The number of hydrogen-bond donors (Lipinski definition) is 0. The Morgan fingerprint density at radius 2 is 1.81 bits per heavy atom. The second kappa shape index (κ2) is 8.42. The third-order valence-electron chi connectivity index (χ3n) is 6.67. The molecule has 0 N–H and O–H groups in total. The van der Waals surface area contributed by atoms with Crippen LogP contribution in [0.25, 0.3) is 0 Å². The van der Waals surface area contributed by atoms with Gasteiger partial charge in [0.1, 0.15) is 0 Å². The lowest BCUT2D eigenvalue weighted by Crippen LogP contribution is -2.62. The van der Waals surface area contributed by atoms with Crippen molar-refractivity contribution in [1.29, 1.82) is 0 Å². The number of anilines is 2. The fraction of sp³-hybridized carbons (Fsp3) is 0.435. The van der Waals surface area contributed by atoms with Gasteiger partial charge in [-0.15, -0.1) is 0 Å². The molecule has 1 amide bonds. The predicted octanol–water partition coefficient (Wildman–Crippen LogP) is 3.04. The van der Waals surface area contributed by atoms with Crippen molar-refractivity contribution < 1.29 is 9.72 Å².